The van der Waals surface area contributed by atoms with E-state index in [9.17, 15) is 9.90 Å². The van der Waals surface area contributed by atoms with E-state index in [-0.39, 0.29) is 12.5 Å². The van der Waals surface area contributed by atoms with E-state index in [2.05, 4.69) is 10.3 Å². The van der Waals surface area contributed by atoms with Gasteiger partial charge in [0, 0.05) is 17.1 Å². The predicted molar refractivity (Wildman–Crippen MR) is 82.0 cm³/mol. The number of hydrogen-bond donors (Lipinski definition) is 3. The summed E-state index contributed by atoms with van der Waals surface area (Å²) in [6.07, 6.45) is 1.69. The van der Waals surface area contributed by atoms with Crippen molar-refractivity contribution in [3.05, 3.63) is 71.9 Å². The van der Waals surface area contributed by atoms with Gasteiger partial charge >= 0.3 is 0 Å². The number of aromatic amines is 1. The van der Waals surface area contributed by atoms with Crippen molar-refractivity contribution in [2.24, 2.45) is 0 Å². The van der Waals surface area contributed by atoms with Crippen LogP contribution in [-0.2, 0) is 0 Å². The van der Waals surface area contributed by atoms with E-state index in [0.717, 1.165) is 16.5 Å². The van der Waals surface area contributed by atoms with Gasteiger partial charge in [0.2, 0.25) is 0 Å². The summed E-state index contributed by atoms with van der Waals surface area (Å²) in [5, 5.41) is 13.3. The van der Waals surface area contributed by atoms with Crippen LogP contribution in [0.4, 0.5) is 0 Å². The molecule has 1 heterocycles. The Morgan fingerprint density at radius 1 is 1.10 bits per heavy atom. The maximum Gasteiger partial charge on any atom is 0.254 e. The molecule has 3 N–H and O–H groups in total. The molecule has 0 aliphatic rings. The van der Waals surface area contributed by atoms with Gasteiger partial charge in [-0.1, -0.05) is 48.5 Å². The first-order valence-electron chi connectivity index (χ1n) is 6.82. The highest BCUT2D eigenvalue weighted by atomic mass is 16.3. The number of rotatable bonds is 4. The number of aromatic nitrogens is 1. The first-order chi connectivity index (χ1) is 10.3. The number of hydrogen-bond acceptors (Lipinski definition) is 2. The van der Waals surface area contributed by atoms with Crippen molar-refractivity contribution < 1.29 is 9.90 Å². The number of carbonyl (C=O) groups excluding carboxylic acids is 1. The predicted octanol–water partition coefficient (Wildman–Crippen LogP) is 2.63. The molecule has 3 rings (SSSR count). The second-order valence-electron chi connectivity index (χ2n) is 4.87. The van der Waals surface area contributed by atoms with Gasteiger partial charge in [-0.05, 0) is 11.6 Å². The Hall–Kier alpha value is -2.59. The Morgan fingerprint density at radius 2 is 1.81 bits per heavy atom. The van der Waals surface area contributed by atoms with Crippen molar-refractivity contribution in [3.8, 4) is 0 Å². The third-order valence-electron chi connectivity index (χ3n) is 3.52. The SMILES string of the molecule is O=C(N[C@@H](CO)c1ccccc1)c1c[nH]c2ccccc12. The summed E-state index contributed by atoms with van der Waals surface area (Å²) in [5.74, 6) is -0.199. The number of benzene rings is 2. The Kier molecular flexibility index (Phi) is 3.71. The van der Waals surface area contributed by atoms with Crippen molar-refractivity contribution >= 4 is 16.8 Å². The third-order valence-corrected chi connectivity index (χ3v) is 3.52. The van der Waals surface area contributed by atoms with Gasteiger partial charge < -0.3 is 15.4 Å². The van der Waals surface area contributed by atoms with Crippen LogP contribution < -0.4 is 5.32 Å². The quantitative estimate of drug-likeness (QED) is 0.688. The molecule has 0 radical (unpaired) electrons. The highest BCUT2D eigenvalue weighted by Crippen LogP contribution is 2.19. The second kappa shape index (κ2) is 5.81. The van der Waals surface area contributed by atoms with E-state index in [1.807, 2.05) is 54.6 Å². The molecule has 0 spiro atoms. The molecule has 0 saturated carbocycles. The summed E-state index contributed by atoms with van der Waals surface area (Å²) in [7, 11) is 0. The van der Waals surface area contributed by atoms with E-state index in [1.165, 1.54) is 0 Å². The van der Waals surface area contributed by atoms with Crippen LogP contribution in [0.5, 0.6) is 0 Å². The van der Waals surface area contributed by atoms with E-state index in [0.29, 0.717) is 5.56 Å². The van der Waals surface area contributed by atoms with Gasteiger partial charge in [-0.15, -0.1) is 0 Å². The summed E-state index contributed by atoms with van der Waals surface area (Å²) < 4.78 is 0. The summed E-state index contributed by atoms with van der Waals surface area (Å²) in [6.45, 7) is -0.141. The van der Waals surface area contributed by atoms with E-state index in [4.69, 9.17) is 0 Å². The lowest BCUT2D eigenvalue weighted by Crippen LogP contribution is -2.30. The average Bonchev–Trinajstić information content (AvgIpc) is 2.97. The lowest BCUT2D eigenvalue weighted by molar-refractivity contribution is 0.0918. The van der Waals surface area contributed by atoms with Crippen LogP contribution in [0.15, 0.2) is 60.8 Å². The smallest absolute Gasteiger partial charge is 0.254 e. The van der Waals surface area contributed by atoms with Crippen LogP contribution in [0.3, 0.4) is 0 Å². The van der Waals surface area contributed by atoms with E-state index < -0.39 is 6.04 Å². The molecule has 3 aromatic rings. The highest BCUT2D eigenvalue weighted by Gasteiger charge is 2.17. The number of amides is 1. The van der Waals surface area contributed by atoms with Crippen LogP contribution in [-0.4, -0.2) is 22.6 Å². The first-order valence-corrected chi connectivity index (χ1v) is 6.82. The molecule has 4 nitrogen and oxygen atoms in total. The molecule has 1 amide bonds. The van der Waals surface area contributed by atoms with Gasteiger partial charge in [-0.3, -0.25) is 4.79 Å². The molecule has 1 aromatic heterocycles. The molecule has 0 unspecified atom stereocenters. The molecule has 21 heavy (non-hydrogen) atoms. The topological polar surface area (TPSA) is 65.1 Å². The summed E-state index contributed by atoms with van der Waals surface area (Å²) >= 11 is 0. The molecular weight excluding hydrogens is 264 g/mol. The van der Waals surface area contributed by atoms with Crippen LogP contribution in [0.25, 0.3) is 10.9 Å². The van der Waals surface area contributed by atoms with Crippen LogP contribution in [0, 0.1) is 0 Å². The zero-order valence-electron chi connectivity index (χ0n) is 11.4. The minimum atomic E-state index is -0.410. The Labute approximate surface area is 122 Å². The second-order valence-corrected chi connectivity index (χ2v) is 4.87. The van der Waals surface area contributed by atoms with Gasteiger partial charge in [-0.2, -0.15) is 0 Å². The normalized spacial score (nSPS) is 12.2. The van der Waals surface area contributed by atoms with Crippen LogP contribution in [0.2, 0.25) is 0 Å². The maximum absolute atomic E-state index is 12.4. The van der Waals surface area contributed by atoms with Gasteiger partial charge in [0.15, 0.2) is 0 Å². The third kappa shape index (κ3) is 2.66. The number of fused-ring (bicyclic) bond motifs is 1. The minimum Gasteiger partial charge on any atom is -0.394 e. The molecule has 0 aliphatic heterocycles. The molecule has 0 aliphatic carbocycles. The van der Waals surface area contributed by atoms with Crippen LogP contribution >= 0.6 is 0 Å². The van der Waals surface area contributed by atoms with E-state index in [1.54, 1.807) is 6.20 Å². The summed E-state index contributed by atoms with van der Waals surface area (Å²) in [4.78, 5) is 15.5. The molecule has 0 bridgehead atoms. The Morgan fingerprint density at radius 3 is 2.57 bits per heavy atom. The highest BCUT2D eigenvalue weighted by molar-refractivity contribution is 6.06. The fraction of sp³-hybridized carbons (Fsp3) is 0.118. The van der Waals surface area contributed by atoms with Crippen molar-refractivity contribution in [2.75, 3.05) is 6.61 Å². The van der Waals surface area contributed by atoms with Crippen molar-refractivity contribution in [1.82, 2.24) is 10.3 Å². The Bertz CT molecular complexity index is 750. The number of H-pyrrole nitrogens is 1. The number of para-hydroxylation sites is 1. The van der Waals surface area contributed by atoms with E-state index >= 15 is 0 Å². The maximum atomic E-state index is 12.4. The van der Waals surface area contributed by atoms with Crippen molar-refractivity contribution in [2.45, 2.75) is 6.04 Å². The molecule has 4 heteroatoms. The zero-order valence-corrected chi connectivity index (χ0v) is 11.4. The van der Waals surface area contributed by atoms with Crippen molar-refractivity contribution in [1.29, 1.82) is 0 Å². The molecule has 1 atom stereocenters. The summed E-state index contributed by atoms with van der Waals surface area (Å²) in [5.41, 5.74) is 2.39. The molecular formula is C17H16N2O2. The number of aliphatic hydroxyl groups excluding tert-OH is 1. The molecule has 0 saturated heterocycles. The minimum absolute atomic E-state index is 0.141. The average molecular weight is 280 g/mol. The van der Waals surface area contributed by atoms with Crippen molar-refractivity contribution in [3.63, 3.8) is 0 Å². The Balaban J connectivity index is 1.85. The first kappa shape index (κ1) is 13.4. The van der Waals surface area contributed by atoms with Gasteiger partial charge in [0.25, 0.3) is 5.91 Å². The number of nitrogens with one attached hydrogen (secondary N) is 2. The monoisotopic (exact) mass is 280 g/mol. The lowest BCUT2D eigenvalue weighted by atomic mass is 10.1. The summed E-state index contributed by atoms with van der Waals surface area (Å²) in [6, 6.07) is 16.7. The van der Waals surface area contributed by atoms with Gasteiger partial charge in [0.05, 0.1) is 18.2 Å². The van der Waals surface area contributed by atoms with Crippen LogP contribution in [0.1, 0.15) is 22.0 Å². The number of aliphatic hydroxyl groups is 1. The largest absolute Gasteiger partial charge is 0.394 e. The van der Waals surface area contributed by atoms with Gasteiger partial charge in [-0.25, -0.2) is 0 Å². The fourth-order valence-electron chi connectivity index (χ4n) is 2.42. The van der Waals surface area contributed by atoms with Gasteiger partial charge in [0.1, 0.15) is 0 Å². The number of carbonyl (C=O) groups is 1. The lowest BCUT2D eigenvalue weighted by Gasteiger charge is -2.16. The molecule has 2 aromatic carbocycles. The fourth-order valence-corrected chi connectivity index (χ4v) is 2.42. The molecule has 106 valence electrons. The standard InChI is InChI=1S/C17H16N2O2/c20-11-16(12-6-2-1-3-7-12)19-17(21)14-10-18-15-9-5-4-8-13(14)15/h1-10,16,18,20H,11H2,(H,19,21)/t16-/m0/s1. The zero-order chi connectivity index (χ0) is 14.7. The molecule has 0 fully saturated rings.